The molecule has 0 aliphatic carbocycles. The Balaban J connectivity index is 1.61. The molecule has 2 aromatic rings. The van der Waals surface area contributed by atoms with E-state index in [1.165, 1.54) is 6.26 Å². The third-order valence-corrected chi connectivity index (χ3v) is 4.81. The van der Waals surface area contributed by atoms with E-state index >= 15 is 0 Å². The van der Waals surface area contributed by atoms with Gasteiger partial charge in [-0.15, -0.1) is 0 Å². The van der Waals surface area contributed by atoms with Crippen LogP contribution in [0.4, 0.5) is 5.69 Å². The van der Waals surface area contributed by atoms with Crippen molar-refractivity contribution in [2.75, 3.05) is 11.4 Å². The summed E-state index contributed by atoms with van der Waals surface area (Å²) in [5.74, 6) is 0.617. The van der Waals surface area contributed by atoms with Crippen molar-refractivity contribution >= 4 is 17.5 Å². The predicted molar refractivity (Wildman–Crippen MR) is 82.0 cm³/mol. The number of anilines is 1. The van der Waals surface area contributed by atoms with Gasteiger partial charge in [-0.3, -0.25) is 14.3 Å². The van der Waals surface area contributed by atoms with Crippen LogP contribution in [0.5, 0.6) is 0 Å². The number of furan rings is 1. The molecule has 0 aromatic carbocycles. The van der Waals surface area contributed by atoms with Crippen molar-refractivity contribution in [1.29, 1.82) is 0 Å². The average Bonchev–Trinajstić information content (AvgIpc) is 3.24. The first kappa shape index (κ1) is 14.0. The zero-order valence-corrected chi connectivity index (χ0v) is 13.1. The number of hydrogen-bond acceptors (Lipinski definition) is 4. The normalized spacial score (nSPS) is 23.7. The Morgan fingerprint density at radius 3 is 2.87 bits per heavy atom. The van der Waals surface area contributed by atoms with Crippen LogP contribution in [-0.4, -0.2) is 45.1 Å². The highest BCUT2D eigenvalue weighted by atomic mass is 16.3. The lowest BCUT2D eigenvalue weighted by atomic mass is 10.1. The monoisotopic (exact) mass is 314 g/mol. The highest BCUT2D eigenvalue weighted by molar-refractivity contribution is 6.00. The molecule has 0 radical (unpaired) electrons. The maximum Gasteiger partial charge on any atom is 0.257 e. The van der Waals surface area contributed by atoms with E-state index in [4.69, 9.17) is 4.42 Å². The van der Waals surface area contributed by atoms with E-state index in [1.54, 1.807) is 28.8 Å². The number of carbonyl (C=O) groups is 2. The average molecular weight is 314 g/mol. The molecule has 7 nitrogen and oxygen atoms in total. The smallest absolute Gasteiger partial charge is 0.257 e. The molecule has 23 heavy (non-hydrogen) atoms. The number of fused-ring (bicyclic) bond motifs is 1. The summed E-state index contributed by atoms with van der Waals surface area (Å²) in [6.07, 6.45) is 6.21. The van der Waals surface area contributed by atoms with Crippen molar-refractivity contribution < 1.29 is 14.0 Å². The minimum Gasteiger partial charge on any atom is -0.469 e. The van der Waals surface area contributed by atoms with Crippen LogP contribution in [0.3, 0.4) is 0 Å². The van der Waals surface area contributed by atoms with Crippen molar-refractivity contribution in [1.82, 2.24) is 14.7 Å². The molecule has 0 saturated carbocycles. The van der Waals surface area contributed by atoms with Crippen molar-refractivity contribution in [3.05, 3.63) is 36.0 Å². The van der Waals surface area contributed by atoms with Crippen molar-refractivity contribution in [3.8, 4) is 0 Å². The van der Waals surface area contributed by atoms with E-state index in [0.29, 0.717) is 24.3 Å². The molecule has 4 heterocycles. The lowest BCUT2D eigenvalue weighted by molar-refractivity contribution is -0.117. The highest BCUT2D eigenvalue weighted by Crippen LogP contribution is 2.36. The Bertz CT molecular complexity index is 778. The van der Waals surface area contributed by atoms with Gasteiger partial charge in [0, 0.05) is 26.2 Å². The van der Waals surface area contributed by atoms with E-state index in [1.807, 2.05) is 18.1 Å². The van der Waals surface area contributed by atoms with Gasteiger partial charge in [0.05, 0.1) is 35.8 Å². The second-order valence-electron chi connectivity index (χ2n) is 6.15. The molecule has 2 atom stereocenters. The Hall–Kier alpha value is -2.57. The second-order valence-corrected chi connectivity index (χ2v) is 6.15. The van der Waals surface area contributed by atoms with Crippen LogP contribution in [0, 0.1) is 6.92 Å². The topological polar surface area (TPSA) is 71.6 Å². The van der Waals surface area contributed by atoms with E-state index in [2.05, 4.69) is 5.10 Å². The third-order valence-electron chi connectivity index (χ3n) is 4.81. The van der Waals surface area contributed by atoms with Gasteiger partial charge in [-0.05, 0) is 19.4 Å². The van der Waals surface area contributed by atoms with Crippen LogP contribution < -0.4 is 4.90 Å². The van der Waals surface area contributed by atoms with Gasteiger partial charge in [-0.25, -0.2) is 0 Å². The van der Waals surface area contributed by atoms with Crippen molar-refractivity contribution in [3.63, 3.8) is 0 Å². The maximum absolute atomic E-state index is 12.7. The van der Waals surface area contributed by atoms with E-state index < -0.39 is 0 Å². The van der Waals surface area contributed by atoms with Crippen LogP contribution in [-0.2, 0) is 11.8 Å². The Labute approximate surface area is 133 Å². The molecule has 2 aromatic heterocycles. The van der Waals surface area contributed by atoms with E-state index in [0.717, 1.165) is 12.1 Å². The highest BCUT2D eigenvalue weighted by Gasteiger charge is 2.49. The Kier molecular flexibility index (Phi) is 3.04. The first-order valence-electron chi connectivity index (χ1n) is 7.72. The number of amides is 2. The molecule has 2 aliphatic heterocycles. The molecule has 120 valence electrons. The van der Waals surface area contributed by atoms with Gasteiger partial charge in [0.2, 0.25) is 5.91 Å². The number of carbonyl (C=O) groups excluding carboxylic acids is 2. The first-order valence-corrected chi connectivity index (χ1v) is 7.72. The van der Waals surface area contributed by atoms with Crippen LogP contribution in [0.1, 0.15) is 29.0 Å². The second kappa shape index (κ2) is 4.97. The summed E-state index contributed by atoms with van der Waals surface area (Å²) in [7, 11) is 1.83. The molecule has 0 unspecified atom stereocenters. The fourth-order valence-electron chi connectivity index (χ4n) is 3.73. The van der Waals surface area contributed by atoms with Gasteiger partial charge in [-0.1, -0.05) is 0 Å². The molecular weight excluding hydrogens is 296 g/mol. The summed E-state index contributed by atoms with van der Waals surface area (Å²) in [5, 5.41) is 4.15. The summed E-state index contributed by atoms with van der Waals surface area (Å²) >= 11 is 0. The Morgan fingerprint density at radius 2 is 2.22 bits per heavy atom. The van der Waals surface area contributed by atoms with Crippen LogP contribution in [0.15, 0.2) is 29.1 Å². The SMILES string of the molecule is Cc1occc1C(=O)N1CC[C@H]2[C@H]1CC(=O)N2c1cnn(C)c1. The number of likely N-dealkylation sites (tertiary alicyclic amines) is 1. The van der Waals surface area contributed by atoms with Crippen LogP contribution in [0.25, 0.3) is 0 Å². The number of rotatable bonds is 2. The van der Waals surface area contributed by atoms with Gasteiger partial charge in [-0.2, -0.15) is 5.10 Å². The van der Waals surface area contributed by atoms with Crippen LogP contribution in [0.2, 0.25) is 0 Å². The number of hydrogen-bond donors (Lipinski definition) is 0. The van der Waals surface area contributed by atoms with E-state index in [9.17, 15) is 9.59 Å². The molecule has 7 heteroatoms. The molecule has 2 amide bonds. The number of aromatic nitrogens is 2. The lowest BCUT2D eigenvalue weighted by Gasteiger charge is -2.24. The van der Waals surface area contributed by atoms with Crippen LogP contribution >= 0.6 is 0 Å². The third kappa shape index (κ3) is 2.07. The van der Waals surface area contributed by atoms with Gasteiger partial charge >= 0.3 is 0 Å². The molecule has 2 saturated heterocycles. The molecule has 0 bridgehead atoms. The van der Waals surface area contributed by atoms with Gasteiger partial charge in [0.1, 0.15) is 5.76 Å². The maximum atomic E-state index is 12.7. The minimum atomic E-state index is -0.0792. The summed E-state index contributed by atoms with van der Waals surface area (Å²) < 4.78 is 6.92. The first-order chi connectivity index (χ1) is 11.1. The quantitative estimate of drug-likeness (QED) is 0.838. The van der Waals surface area contributed by atoms with Crippen molar-refractivity contribution in [2.24, 2.45) is 7.05 Å². The molecular formula is C16H18N4O3. The molecule has 2 aliphatic rings. The molecule has 0 spiro atoms. The zero-order chi connectivity index (χ0) is 16.1. The number of nitrogens with zero attached hydrogens (tertiary/aromatic N) is 4. The zero-order valence-electron chi connectivity index (χ0n) is 13.1. The van der Waals surface area contributed by atoms with Gasteiger partial charge < -0.3 is 14.2 Å². The molecule has 0 N–H and O–H groups in total. The van der Waals surface area contributed by atoms with Gasteiger partial charge in [0.25, 0.3) is 5.91 Å². The Morgan fingerprint density at radius 1 is 1.39 bits per heavy atom. The summed E-state index contributed by atoms with van der Waals surface area (Å²) in [4.78, 5) is 28.8. The fraction of sp³-hybridized carbons (Fsp3) is 0.438. The van der Waals surface area contributed by atoms with Crippen molar-refractivity contribution in [2.45, 2.75) is 31.8 Å². The number of aryl methyl sites for hydroxylation is 2. The standard InChI is InChI=1S/C16H18N4O3/c1-10-12(4-6-23-10)16(22)19-5-3-13-14(19)7-15(21)20(13)11-8-17-18(2)9-11/h4,6,8-9,13-14H,3,5,7H2,1-2H3/t13-,14+/m0/s1. The largest absolute Gasteiger partial charge is 0.469 e. The molecule has 4 rings (SSSR count). The molecule has 2 fully saturated rings. The fourth-order valence-corrected chi connectivity index (χ4v) is 3.73. The minimum absolute atomic E-state index is 0.0304. The summed E-state index contributed by atoms with van der Waals surface area (Å²) in [5.41, 5.74) is 1.39. The van der Waals surface area contributed by atoms with E-state index in [-0.39, 0.29) is 23.9 Å². The van der Waals surface area contributed by atoms with Gasteiger partial charge in [0.15, 0.2) is 0 Å². The lowest BCUT2D eigenvalue weighted by Crippen LogP contribution is -2.40. The predicted octanol–water partition coefficient (Wildman–Crippen LogP) is 1.34. The summed E-state index contributed by atoms with van der Waals surface area (Å²) in [6.45, 7) is 2.44. The summed E-state index contributed by atoms with van der Waals surface area (Å²) in [6, 6.07) is 1.65.